The molecule has 7 heteroatoms. The van der Waals surface area contributed by atoms with E-state index in [0.29, 0.717) is 23.6 Å². The van der Waals surface area contributed by atoms with E-state index in [1.54, 1.807) is 0 Å². The summed E-state index contributed by atoms with van der Waals surface area (Å²) in [6.45, 7) is 5.70. The summed E-state index contributed by atoms with van der Waals surface area (Å²) in [4.78, 5) is 12.5. The summed E-state index contributed by atoms with van der Waals surface area (Å²) >= 11 is 6.04. The summed E-state index contributed by atoms with van der Waals surface area (Å²) in [6.07, 6.45) is 2.45. The topological polar surface area (TPSA) is 63.3 Å². The first-order chi connectivity index (χ1) is 9.77. The molecule has 5 nitrogen and oxygen atoms in total. The molecule has 0 fully saturated rings. The van der Waals surface area contributed by atoms with E-state index in [9.17, 15) is 9.18 Å². The number of hydrogen-bond acceptors (Lipinski definition) is 4. The Morgan fingerprint density at radius 2 is 2.19 bits per heavy atom. The molecule has 0 saturated heterocycles. The number of pyridine rings is 1. The van der Waals surface area contributed by atoms with Gasteiger partial charge in [0.25, 0.3) is 5.56 Å². The summed E-state index contributed by atoms with van der Waals surface area (Å²) in [5.74, 6) is 4.79. The van der Waals surface area contributed by atoms with Gasteiger partial charge in [-0.2, -0.15) is 4.39 Å². The highest BCUT2D eigenvalue weighted by Crippen LogP contribution is 2.21. The van der Waals surface area contributed by atoms with Gasteiger partial charge >= 0.3 is 0 Å². The lowest BCUT2D eigenvalue weighted by Gasteiger charge is -2.18. The van der Waals surface area contributed by atoms with Gasteiger partial charge in [0.2, 0.25) is 5.95 Å². The highest BCUT2D eigenvalue weighted by molar-refractivity contribution is 6.30. The van der Waals surface area contributed by atoms with Crippen LogP contribution in [-0.4, -0.2) is 22.7 Å². The number of nitrogens with one attached hydrogen (secondary N) is 1. The molecule has 0 unspecified atom stereocenters. The Morgan fingerprint density at radius 3 is 2.67 bits per heavy atom. The molecule has 0 atom stereocenters. The van der Waals surface area contributed by atoms with Crippen molar-refractivity contribution in [2.45, 2.75) is 39.7 Å². The maximum Gasteiger partial charge on any atom is 0.278 e. The normalized spacial score (nSPS) is 12.4. The van der Waals surface area contributed by atoms with Gasteiger partial charge in [-0.15, -0.1) is 0 Å². The second-order valence-electron chi connectivity index (χ2n) is 5.14. The van der Waals surface area contributed by atoms with E-state index < -0.39 is 5.95 Å². The van der Waals surface area contributed by atoms with Crippen LogP contribution < -0.4 is 16.7 Å². The third-order valence-electron chi connectivity index (χ3n) is 2.75. The van der Waals surface area contributed by atoms with Gasteiger partial charge in [0, 0.05) is 19.3 Å². The van der Waals surface area contributed by atoms with Gasteiger partial charge < -0.3 is 5.32 Å². The quantitative estimate of drug-likeness (QED) is 0.481. The van der Waals surface area contributed by atoms with Crippen LogP contribution in [0.2, 0.25) is 5.02 Å². The van der Waals surface area contributed by atoms with Crippen LogP contribution >= 0.6 is 11.6 Å². The molecule has 0 aliphatic rings. The molecular formula is C14H22ClFN4O. The number of nitrogens with two attached hydrogens (primary N) is 1. The second kappa shape index (κ2) is 7.47. The van der Waals surface area contributed by atoms with Crippen LogP contribution in [0.1, 0.15) is 33.6 Å². The zero-order valence-corrected chi connectivity index (χ0v) is 13.5. The molecule has 0 amide bonds. The van der Waals surface area contributed by atoms with E-state index in [4.69, 9.17) is 17.4 Å². The molecule has 0 spiro atoms. The average molecular weight is 317 g/mol. The van der Waals surface area contributed by atoms with Crippen molar-refractivity contribution in [1.82, 2.24) is 9.58 Å². The van der Waals surface area contributed by atoms with Crippen molar-refractivity contribution in [2.24, 2.45) is 5.84 Å². The largest absolute Gasteiger partial charge is 0.378 e. The van der Waals surface area contributed by atoms with Gasteiger partial charge in [0.05, 0.1) is 10.7 Å². The zero-order valence-electron chi connectivity index (χ0n) is 12.8. The fraction of sp³-hybridized carbons (Fsp3) is 0.500. The molecule has 0 saturated carbocycles. The third kappa shape index (κ3) is 4.47. The molecule has 21 heavy (non-hydrogen) atoms. The summed E-state index contributed by atoms with van der Waals surface area (Å²) in [7, 11) is 1.38. The van der Waals surface area contributed by atoms with E-state index in [-0.39, 0.29) is 17.3 Å². The van der Waals surface area contributed by atoms with E-state index >= 15 is 0 Å². The summed E-state index contributed by atoms with van der Waals surface area (Å²) < 4.78 is 15.4. The molecule has 1 aromatic rings. The zero-order chi connectivity index (χ0) is 16.2. The van der Waals surface area contributed by atoms with Crippen molar-refractivity contribution in [3.05, 3.63) is 33.6 Å². The molecule has 0 aromatic carbocycles. The Hall–Kier alpha value is -1.53. The van der Waals surface area contributed by atoms with Gasteiger partial charge in [-0.25, -0.2) is 5.84 Å². The number of halogens is 2. The molecule has 3 N–H and O–H groups in total. The highest BCUT2D eigenvalue weighted by Gasteiger charge is 2.15. The first-order valence-electron chi connectivity index (χ1n) is 6.84. The number of nitrogens with zero attached hydrogens (tertiary/aromatic N) is 2. The van der Waals surface area contributed by atoms with Crippen LogP contribution in [0, 0.1) is 0 Å². The highest BCUT2D eigenvalue weighted by atomic mass is 35.5. The summed E-state index contributed by atoms with van der Waals surface area (Å²) in [6, 6.07) is 1.60. The van der Waals surface area contributed by atoms with Crippen molar-refractivity contribution in [3.8, 4) is 0 Å². The fourth-order valence-electron chi connectivity index (χ4n) is 1.93. The molecule has 0 bridgehead atoms. The predicted octanol–water partition coefficient (Wildman–Crippen LogP) is 3.02. The molecule has 0 aliphatic heterocycles. The molecular weight excluding hydrogens is 295 g/mol. The van der Waals surface area contributed by atoms with E-state index in [2.05, 4.69) is 5.32 Å². The molecule has 1 aromatic heterocycles. The van der Waals surface area contributed by atoms with Crippen molar-refractivity contribution in [3.63, 3.8) is 0 Å². The lowest BCUT2D eigenvalue weighted by atomic mass is 10.2. The van der Waals surface area contributed by atoms with Crippen LogP contribution in [-0.2, 0) is 0 Å². The van der Waals surface area contributed by atoms with Crippen molar-refractivity contribution >= 4 is 23.0 Å². The van der Waals surface area contributed by atoms with Crippen molar-refractivity contribution in [1.29, 1.82) is 0 Å². The van der Waals surface area contributed by atoms with Gasteiger partial charge in [0.15, 0.2) is 0 Å². The first kappa shape index (κ1) is 17.5. The Labute approximate surface area is 129 Å². The number of allylic oxidation sites excluding steroid dienone is 1. The number of rotatable bonds is 6. The monoisotopic (exact) mass is 316 g/mol. The molecule has 0 radical (unpaired) electrons. The smallest absolute Gasteiger partial charge is 0.278 e. The Bertz CT molecular complexity index is 581. The lowest BCUT2D eigenvalue weighted by Crippen LogP contribution is -2.29. The van der Waals surface area contributed by atoms with E-state index in [0.717, 1.165) is 5.01 Å². The van der Waals surface area contributed by atoms with Crippen LogP contribution in [0.25, 0.3) is 5.70 Å². The van der Waals surface area contributed by atoms with Crippen LogP contribution in [0.15, 0.2) is 23.0 Å². The minimum absolute atomic E-state index is 0.0604. The molecule has 1 heterocycles. The number of hydrogen-bond donors (Lipinski definition) is 2. The Balaban J connectivity index is 3.49. The van der Waals surface area contributed by atoms with Crippen LogP contribution in [0.4, 0.5) is 10.1 Å². The Kier molecular flexibility index (Phi) is 6.23. The molecule has 0 aliphatic carbocycles. The van der Waals surface area contributed by atoms with Crippen molar-refractivity contribution < 1.29 is 4.39 Å². The van der Waals surface area contributed by atoms with Gasteiger partial charge in [0.1, 0.15) is 5.69 Å². The number of hydrazine groups is 1. The Morgan fingerprint density at radius 1 is 1.57 bits per heavy atom. The SMILES string of the molecule is CCC/C(=C(/F)N(C)N)n1cc(Cl)cc(NC(C)C)c1=O. The van der Waals surface area contributed by atoms with Crippen LogP contribution in [0.3, 0.4) is 0 Å². The number of anilines is 1. The standard InChI is InChI=1S/C14H22ClFN4O/c1-5-6-12(13(16)19(4)17)20-8-10(15)7-11(14(20)21)18-9(2)3/h7-9,18H,5-6,17H2,1-4H3/b13-12+. The van der Waals surface area contributed by atoms with Gasteiger partial charge in [-0.3, -0.25) is 14.4 Å². The first-order valence-corrected chi connectivity index (χ1v) is 7.21. The fourth-order valence-corrected chi connectivity index (χ4v) is 2.13. The van der Waals surface area contributed by atoms with E-state index in [1.165, 1.54) is 23.9 Å². The van der Waals surface area contributed by atoms with Crippen molar-refractivity contribution in [2.75, 3.05) is 12.4 Å². The van der Waals surface area contributed by atoms with E-state index in [1.807, 2.05) is 20.8 Å². The van der Waals surface area contributed by atoms with Gasteiger partial charge in [-0.1, -0.05) is 24.9 Å². The third-order valence-corrected chi connectivity index (χ3v) is 2.96. The summed E-state index contributed by atoms with van der Waals surface area (Å²) in [5, 5.41) is 4.21. The lowest BCUT2D eigenvalue weighted by molar-refractivity contribution is 0.328. The number of aromatic nitrogens is 1. The summed E-state index contributed by atoms with van der Waals surface area (Å²) in [5.41, 5.74) is 0.175. The average Bonchev–Trinajstić information content (AvgIpc) is 2.38. The minimum atomic E-state index is -0.656. The maximum atomic E-state index is 14.2. The molecule has 118 valence electrons. The molecule has 1 rings (SSSR count). The van der Waals surface area contributed by atoms with Crippen LogP contribution in [0.5, 0.6) is 0 Å². The maximum absolute atomic E-state index is 14.2. The van der Waals surface area contributed by atoms with Gasteiger partial charge in [-0.05, 0) is 26.3 Å². The second-order valence-corrected chi connectivity index (χ2v) is 5.58. The minimum Gasteiger partial charge on any atom is -0.378 e. The predicted molar refractivity (Wildman–Crippen MR) is 85.7 cm³/mol.